The number of aromatic nitrogens is 1. The molecule has 2 N–H and O–H groups in total. The third-order valence-corrected chi connectivity index (χ3v) is 6.08. The molecular weight excluding hydrogens is 418 g/mol. The number of carbonyl (C=O) groups is 1. The van der Waals surface area contributed by atoms with E-state index in [1.54, 1.807) is 4.90 Å². The Hall–Kier alpha value is -3.79. The van der Waals surface area contributed by atoms with Gasteiger partial charge in [-0.05, 0) is 36.1 Å². The van der Waals surface area contributed by atoms with E-state index >= 15 is 0 Å². The van der Waals surface area contributed by atoms with Gasteiger partial charge in [-0.25, -0.2) is 0 Å². The Morgan fingerprint density at radius 2 is 1.59 bits per heavy atom. The summed E-state index contributed by atoms with van der Waals surface area (Å²) in [5.41, 5.74) is 7.97. The number of hydrogen-bond donors (Lipinski definition) is 2. The number of amides is 1. The van der Waals surface area contributed by atoms with Crippen LogP contribution in [0, 0.1) is 0 Å². The predicted molar refractivity (Wildman–Crippen MR) is 139 cm³/mol. The van der Waals surface area contributed by atoms with Crippen LogP contribution in [0.2, 0.25) is 0 Å². The van der Waals surface area contributed by atoms with Crippen LogP contribution in [-0.4, -0.2) is 15.8 Å². The highest BCUT2D eigenvalue weighted by atomic mass is 16.2. The van der Waals surface area contributed by atoms with Crippen LogP contribution in [0.1, 0.15) is 49.2 Å². The zero-order valence-electron chi connectivity index (χ0n) is 20.1. The number of nitrogens with zero attached hydrogens (tertiary/aromatic N) is 1. The molecule has 0 aliphatic carbocycles. The first-order valence-corrected chi connectivity index (χ1v) is 12.1. The van der Waals surface area contributed by atoms with Gasteiger partial charge in [-0.2, -0.15) is 0 Å². The average Bonchev–Trinajstić information content (AvgIpc) is 3.31. The molecule has 0 fully saturated rings. The molecule has 0 saturated carbocycles. The van der Waals surface area contributed by atoms with Crippen LogP contribution in [-0.2, 0) is 24.1 Å². The maximum atomic E-state index is 13.7. The summed E-state index contributed by atoms with van der Waals surface area (Å²) in [5, 5.41) is 3.62. The molecular formula is C30H33N3O. The second-order valence-corrected chi connectivity index (χ2v) is 8.69. The fourth-order valence-electron chi connectivity index (χ4n) is 4.38. The van der Waals surface area contributed by atoms with Gasteiger partial charge in [-0.15, -0.1) is 0 Å². The molecule has 0 unspecified atom stereocenters. The van der Waals surface area contributed by atoms with Gasteiger partial charge in [0.1, 0.15) is 0 Å². The van der Waals surface area contributed by atoms with E-state index in [9.17, 15) is 4.79 Å². The minimum atomic E-state index is -0.0658. The Morgan fingerprint density at radius 3 is 2.26 bits per heavy atom. The Balaban J connectivity index is 1.64. The normalized spacial score (nSPS) is 13.5. The third kappa shape index (κ3) is 5.40. The maximum Gasteiger partial charge on any atom is 0.257 e. The van der Waals surface area contributed by atoms with Crippen molar-refractivity contribution in [3.63, 3.8) is 0 Å². The van der Waals surface area contributed by atoms with Gasteiger partial charge in [-0.3, -0.25) is 9.69 Å². The molecule has 0 bridgehead atoms. The standard InChI is InChI=1S/C30H33N3O/c1-4-12-25-17-18-26(31-25)19-22(3)30(34)33-21-28(24-15-10-7-11-16-24)32-27(29(33)5-2)20-23-13-8-6-9-14-23/h6-11,13-18,21,31-32H,3-5,12,19-20H2,1-2H3. The summed E-state index contributed by atoms with van der Waals surface area (Å²) in [6.07, 6.45) is 5.98. The van der Waals surface area contributed by atoms with Crippen molar-refractivity contribution in [2.24, 2.45) is 0 Å². The van der Waals surface area contributed by atoms with Crippen LogP contribution in [0.25, 0.3) is 5.70 Å². The molecule has 1 aromatic heterocycles. The summed E-state index contributed by atoms with van der Waals surface area (Å²) in [4.78, 5) is 18.9. The number of H-pyrrole nitrogens is 1. The summed E-state index contributed by atoms with van der Waals surface area (Å²) >= 11 is 0. The third-order valence-electron chi connectivity index (χ3n) is 6.08. The molecule has 174 valence electrons. The lowest BCUT2D eigenvalue weighted by Crippen LogP contribution is -2.35. The zero-order chi connectivity index (χ0) is 23.9. The number of hydrogen-bond acceptors (Lipinski definition) is 2. The van der Waals surface area contributed by atoms with Gasteiger partial charge in [-0.1, -0.05) is 87.5 Å². The van der Waals surface area contributed by atoms with E-state index in [0.717, 1.165) is 54.0 Å². The first-order chi connectivity index (χ1) is 16.6. The maximum absolute atomic E-state index is 13.7. The molecule has 4 heteroatoms. The van der Waals surface area contributed by atoms with E-state index in [4.69, 9.17) is 0 Å². The number of nitrogens with one attached hydrogen (secondary N) is 2. The van der Waals surface area contributed by atoms with Crippen LogP contribution in [0.3, 0.4) is 0 Å². The van der Waals surface area contributed by atoms with Crippen LogP contribution < -0.4 is 5.32 Å². The highest BCUT2D eigenvalue weighted by molar-refractivity contribution is 5.96. The van der Waals surface area contributed by atoms with Crippen molar-refractivity contribution in [2.45, 2.75) is 46.0 Å². The quantitative estimate of drug-likeness (QED) is 0.372. The monoisotopic (exact) mass is 451 g/mol. The van der Waals surface area contributed by atoms with E-state index in [1.165, 1.54) is 11.3 Å². The fraction of sp³-hybridized carbons (Fsp3) is 0.233. The molecule has 3 aromatic rings. The van der Waals surface area contributed by atoms with Crippen LogP contribution in [0.5, 0.6) is 0 Å². The van der Waals surface area contributed by atoms with Gasteiger partial charge in [0.05, 0.1) is 5.70 Å². The topological polar surface area (TPSA) is 48.1 Å². The van der Waals surface area contributed by atoms with Gasteiger partial charge in [0.2, 0.25) is 0 Å². The Bertz CT molecular complexity index is 1200. The van der Waals surface area contributed by atoms with Gasteiger partial charge < -0.3 is 10.3 Å². The van der Waals surface area contributed by atoms with E-state index in [2.05, 4.69) is 67.1 Å². The second kappa shape index (κ2) is 10.9. The van der Waals surface area contributed by atoms with Gasteiger partial charge in [0.25, 0.3) is 5.91 Å². The second-order valence-electron chi connectivity index (χ2n) is 8.69. The van der Waals surface area contributed by atoms with Gasteiger partial charge >= 0.3 is 0 Å². The van der Waals surface area contributed by atoms with Crippen molar-refractivity contribution in [1.29, 1.82) is 0 Å². The molecule has 1 aliphatic rings. The van der Waals surface area contributed by atoms with E-state index < -0.39 is 0 Å². The highest BCUT2D eigenvalue weighted by Crippen LogP contribution is 2.29. The Labute approximate surface area is 202 Å². The summed E-state index contributed by atoms with van der Waals surface area (Å²) in [5.74, 6) is -0.0658. The van der Waals surface area contributed by atoms with Crippen molar-refractivity contribution in [1.82, 2.24) is 15.2 Å². The summed E-state index contributed by atoms with van der Waals surface area (Å²) < 4.78 is 0. The number of rotatable bonds is 9. The molecule has 0 spiro atoms. The zero-order valence-corrected chi connectivity index (χ0v) is 20.1. The number of aryl methyl sites for hydroxylation is 1. The number of benzene rings is 2. The van der Waals surface area contributed by atoms with Crippen LogP contribution >= 0.6 is 0 Å². The summed E-state index contributed by atoms with van der Waals surface area (Å²) in [6, 6.07) is 24.7. The minimum absolute atomic E-state index is 0.0658. The predicted octanol–water partition coefficient (Wildman–Crippen LogP) is 6.36. The molecule has 4 rings (SSSR count). The van der Waals surface area contributed by atoms with E-state index in [0.29, 0.717) is 12.0 Å². The summed E-state index contributed by atoms with van der Waals surface area (Å²) in [7, 11) is 0. The smallest absolute Gasteiger partial charge is 0.257 e. The lowest BCUT2D eigenvalue weighted by Gasteiger charge is -2.32. The Morgan fingerprint density at radius 1 is 0.912 bits per heavy atom. The van der Waals surface area contributed by atoms with Gasteiger partial charge in [0.15, 0.2) is 0 Å². The fourth-order valence-corrected chi connectivity index (χ4v) is 4.38. The van der Waals surface area contributed by atoms with Crippen LogP contribution in [0.4, 0.5) is 0 Å². The average molecular weight is 452 g/mol. The van der Waals surface area contributed by atoms with Crippen molar-refractivity contribution in [3.05, 3.63) is 125 Å². The molecule has 4 nitrogen and oxygen atoms in total. The first kappa shape index (κ1) is 23.4. The highest BCUT2D eigenvalue weighted by Gasteiger charge is 2.26. The molecule has 0 radical (unpaired) electrons. The van der Waals surface area contributed by atoms with E-state index in [1.807, 2.05) is 42.6 Å². The van der Waals surface area contributed by atoms with Crippen molar-refractivity contribution in [2.75, 3.05) is 0 Å². The van der Waals surface area contributed by atoms with E-state index in [-0.39, 0.29) is 5.91 Å². The SMILES string of the molecule is C=C(Cc1ccc(CCC)[nH]1)C(=O)N1C=C(c2ccccc2)NC(Cc2ccccc2)=C1CC. The van der Waals surface area contributed by atoms with Gasteiger partial charge in [0, 0.05) is 47.4 Å². The first-order valence-electron chi connectivity index (χ1n) is 12.1. The minimum Gasteiger partial charge on any atom is -0.362 e. The van der Waals surface area contributed by atoms with Crippen molar-refractivity contribution in [3.8, 4) is 0 Å². The molecule has 2 aromatic carbocycles. The lowest BCUT2D eigenvalue weighted by atomic mass is 10.0. The molecule has 1 amide bonds. The Kier molecular flexibility index (Phi) is 7.48. The summed E-state index contributed by atoms with van der Waals surface area (Å²) in [6.45, 7) is 8.43. The lowest BCUT2D eigenvalue weighted by molar-refractivity contribution is -0.123. The number of allylic oxidation sites excluding steroid dienone is 2. The van der Waals surface area contributed by atoms with Crippen molar-refractivity contribution < 1.29 is 4.79 Å². The number of carbonyl (C=O) groups excluding carboxylic acids is 1. The largest absolute Gasteiger partial charge is 0.362 e. The molecule has 0 saturated heterocycles. The number of aromatic amines is 1. The molecule has 34 heavy (non-hydrogen) atoms. The molecule has 0 atom stereocenters. The molecule has 2 heterocycles. The van der Waals surface area contributed by atoms with Crippen LogP contribution in [0.15, 0.2) is 103 Å². The van der Waals surface area contributed by atoms with Crippen molar-refractivity contribution >= 4 is 11.6 Å². The molecule has 1 aliphatic heterocycles.